The lowest BCUT2D eigenvalue weighted by molar-refractivity contribution is 0.107. The third-order valence-electron chi connectivity index (χ3n) is 8.26. The Bertz CT molecular complexity index is 1720. The summed E-state index contributed by atoms with van der Waals surface area (Å²) in [6.07, 6.45) is 10.2. The Morgan fingerprint density at radius 2 is 2.08 bits per heavy atom. The number of nitrogens with one attached hydrogen (secondary N) is 1. The number of halogens is 3. The number of nitrogens with zero attached hydrogens (tertiary/aromatic N) is 4. The van der Waals surface area contributed by atoms with Crippen LogP contribution in [0.1, 0.15) is 37.7 Å². The van der Waals surface area contributed by atoms with E-state index in [4.69, 9.17) is 11.2 Å². The molecule has 0 amide bonds. The van der Waals surface area contributed by atoms with Gasteiger partial charge < -0.3 is 15.2 Å². The first-order valence-electron chi connectivity index (χ1n) is 13.4. The van der Waals surface area contributed by atoms with Gasteiger partial charge in [-0.3, -0.25) is 9.88 Å². The van der Waals surface area contributed by atoms with Crippen molar-refractivity contribution < 1.29 is 23.0 Å². The predicted octanol–water partition coefficient (Wildman–Crippen LogP) is 5.34. The Labute approximate surface area is 228 Å². The molecule has 2 aromatic heterocycles. The molecule has 2 aliphatic heterocycles. The maximum absolute atomic E-state index is 16.3. The summed E-state index contributed by atoms with van der Waals surface area (Å²) in [5.74, 6) is 1.17. The number of aromatic hydroxyl groups is 1. The van der Waals surface area contributed by atoms with E-state index < -0.39 is 23.3 Å². The number of aromatic nitrogens is 3. The van der Waals surface area contributed by atoms with E-state index in [0.717, 1.165) is 32.2 Å². The first kappa shape index (κ1) is 24.9. The van der Waals surface area contributed by atoms with Gasteiger partial charge in [-0.25, -0.2) is 13.2 Å². The zero-order valence-electron chi connectivity index (χ0n) is 21.6. The van der Waals surface area contributed by atoms with Gasteiger partial charge in [0.25, 0.3) is 0 Å². The Hall–Kier alpha value is -4.10. The molecule has 3 aliphatic rings. The van der Waals surface area contributed by atoms with Gasteiger partial charge in [0, 0.05) is 36.2 Å². The highest BCUT2D eigenvalue weighted by molar-refractivity contribution is 6.03. The lowest BCUT2D eigenvalue weighted by Crippen LogP contribution is -2.43. The second-order valence-electron chi connectivity index (χ2n) is 11.0. The van der Waals surface area contributed by atoms with E-state index in [1.165, 1.54) is 30.5 Å². The minimum Gasteiger partial charge on any atom is -0.508 e. The van der Waals surface area contributed by atoms with Crippen molar-refractivity contribution in [1.82, 2.24) is 19.9 Å². The van der Waals surface area contributed by atoms with Gasteiger partial charge in [-0.1, -0.05) is 12.0 Å². The molecule has 0 unspecified atom stereocenters. The minimum atomic E-state index is -0.908. The van der Waals surface area contributed by atoms with Crippen LogP contribution in [-0.4, -0.2) is 62.4 Å². The number of hydrogen-bond donors (Lipinski definition) is 2. The molecule has 7 rings (SSSR count). The van der Waals surface area contributed by atoms with Crippen molar-refractivity contribution in [3.8, 4) is 35.4 Å². The molecule has 0 spiro atoms. The van der Waals surface area contributed by atoms with Crippen LogP contribution in [0.15, 0.2) is 30.5 Å². The number of rotatable bonds is 6. The fourth-order valence-electron chi connectivity index (χ4n) is 6.22. The molecule has 7 nitrogen and oxygen atoms in total. The third-order valence-corrected chi connectivity index (χ3v) is 8.26. The quantitative estimate of drug-likeness (QED) is 0.317. The molecule has 204 valence electrons. The molecule has 2 N–H and O–H groups in total. The summed E-state index contributed by atoms with van der Waals surface area (Å²) >= 11 is 0. The number of anilines is 1. The van der Waals surface area contributed by atoms with E-state index in [1.54, 1.807) is 0 Å². The van der Waals surface area contributed by atoms with E-state index in [2.05, 4.69) is 31.1 Å². The molecule has 1 saturated carbocycles. The van der Waals surface area contributed by atoms with Crippen LogP contribution in [0.25, 0.3) is 32.9 Å². The molecule has 10 heteroatoms. The third kappa shape index (κ3) is 4.07. The molecule has 0 bridgehead atoms. The molecule has 1 aliphatic carbocycles. The number of pyridine rings is 1. The van der Waals surface area contributed by atoms with E-state index >= 15 is 4.39 Å². The SMILES string of the molecule is C#Cc1c(F)ccc2cc(O)cc(-c3ncc4c(NC5CC5)nc(OC[C@@]56CCCN5C[C@H](F)C6)nc4c3F)c12. The van der Waals surface area contributed by atoms with Crippen molar-refractivity contribution in [3.63, 3.8) is 0 Å². The maximum Gasteiger partial charge on any atom is 0.319 e. The first-order chi connectivity index (χ1) is 19.3. The summed E-state index contributed by atoms with van der Waals surface area (Å²) in [4.78, 5) is 15.5. The number of phenolic OH excluding ortho intramolecular Hbond substituents is 1. The standard InChI is InChI=1S/C30H26F3N5O2/c1-2-20-23(32)7-4-16-10-19(39)11-21(24(16)20)26-25(33)27-22(13-34-26)28(35-18-5-6-18)37-29(36-27)40-15-30-8-3-9-38(30)14-17(31)12-30/h1,4,7,10-11,13,17-18,39H,3,5-6,8-9,12,14-15H2,(H,35,36,37)/t17-,30+/m1/s1. The highest BCUT2D eigenvalue weighted by atomic mass is 19.1. The second-order valence-corrected chi connectivity index (χ2v) is 11.0. The second kappa shape index (κ2) is 9.24. The van der Waals surface area contributed by atoms with Crippen molar-refractivity contribution in [3.05, 3.63) is 47.7 Å². The summed E-state index contributed by atoms with van der Waals surface area (Å²) in [6, 6.07) is 5.60. The Morgan fingerprint density at radius 3 is 2.88 bits per heavy atom. The normalized spacial score (nSPS) is 22.5. The number of benzene rings is 2. The number of phenols is 1. The highest BCUT2D eigenvalue weighted by Crippen LogP contribution is 2.41. The molecule has 4 heterocycles. The van der Waals surface area contributed by atoms with Crippen LogP contribution < -0.4 is 10.1 Å². The van der Waals surface area contributed by atoms with Crippen LogP contribution in [0.5, 0.6) is 11.8 Å². The van der Waals surface area contributed by atoms with Gasteiger partial charge in [0.2, 0.25) is 0 Å². The molecule has 4 aromatic rings. The summed E-state index contributed by atoms with van der Waals surface area (Å²) in [5, 5.41) is 14.8. The number of ether oxygens (including phenoxy) is 1. The molecule has 3 fully saturated rings. The van der Waals surface area contributed by atoms with Crippen molar-refractivity contribution >= 4 is 27.5 Å². The summed E-state index contributed by atoms with van der Waals surface area (Å²) in [6.45, 7) is 1.40. The number of fused-ring (bicyclic) bond motifs is 3. The molecular weight excluding hydrogens is 519 g/mol. The monoisotopic (exact) mass is 545 g/mol. The average Bonchev–Trinajstić information content (AvgIpc) is 3.58. The van der Waals surface area contributed by atoms with Crippen LogP contribution in [-0.2, 0) is 0 Å². The Morgan fingerprint density at radius 1 is 1.23 bits per heavy atom. The van der Waals surface area contributed by atoms with Gasteiger partial charge in [0.15, 0.2) is 5.82 Å². The Balaban J connectivity index is 1.35. The van der Waals surface area contributed by atoms with Crippen molar-refractivity contribution in [1.29, 1.82) is 0 Å². The molecular formula is C30H26F3N5O2. The Kier molecular flexibility index (Phi) is 5.75. The van der Waals surface area contributed by atoms with Crippen molar-refractivity contribution in [2.24, 2.45) is 0 Å². The van der Waals surface area contributed by atoms with Crippen LogP contribution in [0.3, 0.4) is 0 Å². The average molecular weight is 546 g/mol. The van der Waals surface area contributed by atoms with E-state index in [9.17, 15) is 13.9 Å². The lowest BCUT2D eigenvalue weighted by atomic mass is 9.95. The van der Waals surface area contributed by atoms with Crippen LogP contribution >= 0.6 is 0 Å². The predicted molar refractivity (Wildman–Crippen MR) is 145 cm³/mol. The lowest BCUT2D eigenvalue weighted by Gasteiger charge is -2.30. The van der Waals surface area contributed by atoms with Gasteiger partial charge in [0.05, 0.1) is 16.5 Å². The topological polar surface area (TPSA) is 83.4 Å². The van der Waals surface area contributed by atoms with Gasteiger partial charge >= 0.3 is 6.01 Å². The minimum absolute atomic E-state index is 0.0219. The van der Waals surface area contributed by atoms with Gasteiger partial charge in [-0.05, 0) is 55.8 Å². The van der Waals surface area contributed by atoms with Crippen molar-refractivity contribution in [2.75, 3.05) is 25.0 Å². The molecule has 2 aromatic carbocycles. The van der Waals surface area contributed by atoms with Crippen molar-refractivity contribution in [2.45, 2.75) is 49.9 Å². The zero-order chi connectivity index (χ0) is 27.6. The highest BCUT2D eigenvalue weighted by Gasteiger charge is 2.49. The molecule has 2 saturated heterocycles. The molecule has 40 heavy (non-hydrogen) atoms. The zero-order valence-corrected chi connectivity index (χ0v) is 21.6. The van der Waals surface area contributed by atoms with E-state index in [0.29, 0.717) is 29.6 Å². The first-order valence-corrected chi connectivity index (χ1v) is 13.4. The van der Waals surface area contributed by atoms with E-state index in [-0.39, 0.29) is 52.1 Å². The number of hydrogen-bond acceptors (Lipinski definition) is 7. The van der Waals surface area contributed by atoms with E-state index in [1.807, 2.05) is 0 Å². The summed E-state index contributed by atoms with van der Waals surface area (Å²) < 4.78 is 51.3. The smallest absolute Gasteiger partial charge is 0.319 e. The van der Waals surface area contributed by atoms with Crippen LogP contribution in [0.2, 0.25) is 0 Å². The molecule has 2 atom stereocenters. The largest absolute Gasteiger partial charge is 0.508 e. The van der Waals surface area contributed by atoms with Gasteiger partial charge in [0.1, 0.15) is 41.4 Å². The number of alkyl halides is 1. The molecule has 0 radical (unpaired) electrons. The van der Waals surface area contributed by atoms with Crippen LogP contribution in [0.4, 0.5) is 19.0 Å². The maximum atomic E-state index is 16.3. The van der Waals surface area contributed by atoms with Gasteiger partial charge in [-0.2, -0.15) is 9.97 Å². The summed E-state index contributed by atoms with van der Waals surface area (Å²) in [7, 11) is 0. The fraction of sp³-hybridized carbons (Fsp3) is 0.367. The fourth-order valence-corrected chi connectivity index (χ4v) is 6.22. The summed E-state index contributed by atoms with van der Waals surface area (Å²) in [5.41, 5.74) is -0.516. The number of terminal acetylenes is 1. The van der Waals surface area contributed by atoms with Crippen LogP contribution in [0, 0.1) is 24.0 Å². The van der Waals surface area contributed by atoms with Gasteiger partial charge in [-0.15, -0.1) is 6.42 Å².